The largest absolute Gasteiger partial charge is 0.506 e. The first kappa shape index (κ1) is 59.6. The number of fused-ring (bicyclic) bond motifs is 1. The number of hydrogen-bond acceptors (Lipinski definition) is 13. The van der Waals surface area contributed by atoms with Crippen LogP contribution in [0.2, 0.25) is 5.02 Å². The Hall–Kier alpha value is -5.27. The van der Waals surface area contributed by atoms with Crippen LogP contribution in [0.25, 0.3) is 0 Å². The number of nitrogens with one attached hydrogen (secondary N) is 2. The number of hydrogen-bond donors (Lipinski definition) is 5. The first-order chi connectivity index (χ1) is 35.0. The van der Waals surface area contributed by atoms with E-state index in [9.17, 15) is 45.8 Å². The van der Waals surface area contributed by atoms with Crippen LogP contribution in [0.4, 0.5) is 32.0 Å². The quantitative estimate of drug-likeness (QED) is 0.0498. The number of aromatic nitrogens is 1. The van der Waals surface area contributed by atoms with Gasteiger partial charge in [0, 0.05) is 61.6 Å². The van der Waals surface area contributed by atoms with Crippen molar-refractivity contribution in [1.29, 1.82) is 0 Å². The number of halogens is 7. The average Bonchev–Trinajstić information content (AvgIpc) is 3.86. The van der Waals surface area contributed by atoms with Gasteiger partial charge in [-0.15, -0.1) is 11.3 Å². The minimum Gasteiger partial charge on any atom is -0.506 e. The Kier molecular flexibility index (Phi) is 22.1. The van der Waals surface area contributed by atoms with Crippen molar-refractivity contribution in [2.45, 2.75) is 115 Å². The molecule has 74 heavy (non-hydrogen) atoms. The lowest BCUT2D eigenvalue weighted by Gasteiger charge is -2.47. The van der Waals surface area contributed by atoms with Crippen molar-refractivity contribution < 1.29 is 79.8 Å². The average molecular weight is 1090 g/mol. The van der Waals surface area contributed by atoms with Crippen LogP contribution in [-0.4, -0.2) is 161 Å². The number of aliphatic carboxylic acids is 2. The number of morpholine rings is 1. The molecule has 1 aliphatic carbocycles. The maximum Gasteiger partial charge on any atom is 0.490 e. The Bertz CT molecular complexity index is 2350. The molecule has 1 aromatic heterocycles. The number of piperidine rings is 1. The Labute approximate surface area is 433 Å². The predicted molar refractivity (Wildman–Crippen MR) is 261 cm³/mol. The van der Waals surface area contributed by atoms with Crippen LogP contribution in [0.1, 0.15) is 103 Å². The monoisotopic (exact) mass is 1090 g/mol. The molecule has 0 bridgehead atoms. The number of alkyl halides is 6. The van der Waals surface area contributed by atoms with Gasteiger partial charge < -0.3 is 50.0 Å². The van der Waals surface area contributed by atoms with Crippen LogP contribution >= 0.6 is 22.9 Å². The number of rotatable bonds is 17. The van der Waals surface area contributed by atoms with Crippen molar-refractivity contribution in [2.24, 2.45) is 0 Å². The lowest BCUT2D eigenvalue weighted by molar-refractivity contribution is -0.193. The van der Waals surface area contributed by atoms with Gasteiger partial charge in [0.15, 0.2) is 12.4 Å². The van der Waals surface area contributed by atoms with Gasteiger partial charge >= 0.3 is 24.3 Å². The summed E-state index contributed by atoms with van der Waals surface area (Å²) >= 11 is 8.54. The van der Waals surface area contributed by atoms with Gasteiger partial charge in [-0.25, -0.2) is 14.6 Å². The number of thiazole rings is 1. The summed E-state index contributed by atoms with van der Waals surface area (Å²) in [6.45, 7) is 11.1. The summed E-state index contributed by atoms with van der Waals surface area (Å²) < 4.78 is 81.5. The first-order valence-electron chi connectivity index (χ1n) is 24.3. The number of amides is 3. The van der Waals surface area contributed by atoms with Crippen LogP contribution in [0.15, 0.2) is 35.7 Å². The lowest BCUT2D eigenvalue weighted by Crippen LogP contribution is -2.58. The molecule has 7 rings (SSSR count). The van der Waals surface area contributed by atoms with Gasteiger partial charge in [0.05, 0.1) is 43.4 Å². The molecular formula is C49H63ClF6N6O11S. The molecule has 5 N–H and O–H groups in total. The van der Waals surface area contributed by atoms with Crippen LogP contribution in [0.3, 0.4) is 0 Å². The SMILES string of the molecule is CC(C)c1nc(C(=O)N2CCOC3(CCN(Cc4cccc(CCOCCC(=O)N(CCNCCc5ccc(O)c6c5OCC(=O)N6)C5CCCCC5)c4Cl)CC3)C2)cs1.O=C(O)C(F)(F)F.O=C(O)C(F)(F)F. The molecule has 0 radical (unpaired) electrons. The third-order valence-electron chi connectivity index (χ3n) is 12.8. The van der Waals surface area contributed by atoms with E-state index >= 15 is 0 Å². The topological polar surface area (TPSA) is 220 Å². The van der Waals surface area contributed by atoms with E-state index in [2.05, 4.69) is 57.5 Å². The summed E-state index contributed by atoms with van der Waals surface area (Å²) in [5, 5.41) is 34.2. The van der Waals surface area contributed by atoms with Gasteiger partial charge in [-0.3, -0.25) is 19.3 Å². The summed E-state index contributed by atoms with van der Waals surface area (Å²) in [5.41, 5.74) is 3.58. The van der Waals surface area contributed by atoms with E-state index in [0.29, 0.717) is 94.9 Å². The maximum absolute atomic E-state index is 13.6. The molecule has 2 saturated heterocycles. The van der Waals surface area contributed by atoms with E-state index in [1.54, 1.807) is 17.4 Å². The Morgan fingerprint density at radius 2 is 1.61 bits per heavy atom. The zero-order valence-corrected chi connectivity index (χ0v) is 42.7. The summed E-state index contributed by atoms with van der Waals surface area (Å²) in [6, 6.07) is 9.85. The van der Waals surface area contributed by atoms with Crippen molar-refractivity contribution >= 4 is 58.3 Å². The van der Waals surface area contributed by atoms with Gasteiger partial charge in [-0.1, -0.05) is 69.0 Å². The highest BCUT2D eigenvalue weighted by atomic mass is 35.5. The molecule has 3 amide bonds. The molecule has 410 valence electrons. The third kappa shape index (κ3) is 17.7. The second-order valence-corrected chi connectivity index (χ2v) is 19.8. The summed E-state index contributed by atoms with van der Waals surface area (Å²) in [5.74, 6) is -4.86. The van der Waals surface area contributed by atoms with Crippen LogP contribution < -0.4 is 15.4 Å². The number of phenols is 1. The van der Waals surface area contributed by atoms with E-state index < -0.39 is 24.3 Å². The van der Waals surface area contributed by atoms with E-state index in [0.717, 1.165) is 84.9 Å². The number of carbonyl (C=O) groups is 5. The number of carbonyl (C=O) groups excluding carboxylic acids is 3. The second kappa shape index (κ2) is 27.5. The van der Waals surface area contributed by atoms with E-state index in [1.165, 1.54) is 6.42 Å². The molecule has 4 aliphatic rings. The molecule has 0 unspecified atom stereocenters. The number of likely N-dealkylation sites (tertiary alicyclic amines) is 1. The number of phenolic OH excluding ortho intramolecular Hbond substituents is 1. The highest BCUT2D eigenvalue weighted by molar-refractivity contribution is 7.09. The third-order valence-corrected chi connectivity index (χ3v) is 14.4. The van der Waals surface area contributed by atoms with Crippen LogP contribution in [0, 0.1) is 0 Å². The van der Waals surface area contributed by atoms with Gasteiger partial charge in [0.25, 0.3) is 11.8 Å². The van der Waals surface area contributed by atoms with Gasteiger partial charge in [0.1, 0.15) is 17.1 Å². The smallest absolute Gasteiger partial charge is 0.490 e. The molecule has 3 aromatic rings. The number of aromatic hydroxyl groups is 1. The molecule has 25 heteroatoms. The fourth-order valence-electron chi connectivity index (χ4n) is 8.89. The maximum atomic E-state index is 13.6. The van der Waals surface area contributed by atoms with Gasteiger partial charge in [0.2, 0.25) is 5.91 Å². The Morgan fingerprint density at radius 1 is 0.946 bits per heavy atom. The highest BCUT2D eigenvalue weighted by Gasteiger charge is 2.42. The number of benzene rings is 2. The lowest BCUT2D eigenvalue weighted by atomic mass is 9.89. The van der Waals surface area contributed by atoms with E-state index in [-0.39, 0.29) is 41.7 Å². The Balaban J connectivity index is 0.000000636. The predicted octanol–water partition coefficient (Wildman–Crippen LogP) is 7.67. The van der Waals surface area contributed by atoms with Crippen molar-refractivity contribution in [3.63, 3.8) is 0 Å². The molecule has 2 aromatic carbocycles. The fourth-order valence-corrected chi connectivity index (χ4v) is 9.98. The summed E-state index contributed by atoms with van der Waals surface area (Å²) in [6.07, 6.45) is -1.25. The minimum atomic E-state index is -5.08. The molecule has 1 spiro atoms. The van der Waals surface area contributed by atoms with Crippen molar-refractivity contribution in [2.75, 3.05) is 77.6 Å². The summed E-state index contributed by atoms with van der Waals surface area (Å²) in [7, 11) is 0. The molecule has 3 fully saturated rings. The molecular weight excluding hydrogens is 1030 g/mol. The van der Waals surface area contributed by atoms with Gasteiger partial charge in [-0.05, 0) is 67.8 Å². The number of carboxylic acids is 2. The van der Waals surface area contributed by atoms with Crippen LogP contribution in [-0.2, 0) is 48.0 Å². The second-order valence-electron chi connectivity index (χ2n) is 18.5. The number of anilines is 1. The fraction of sp³-hybridized carbons (Fsp3) is 0.592. The first-order valence-corrected chi connectivity index (χ1v) is 25.6. The number of carboxylic acid groups (broad SMARTS) is 2. The summed E-state index contributed by atoms with van der Waals surface area (Å²) in [4.78, 5) is 67.5. The van der Waals surface area contributed by atoms with Crippen molar-refractivity contribution in [3.05, 3.63) is 68.1 Å². The van der Waals surface area contributed by atoms with Gasteiger partial charge in [-0.2, -0.15) is 26.3 Å². The molecule has 1 saturated carbocycles. The number of nitrogens with zero attached hydrogens (tertiary/aromatic N) is 4. The normalized spacial score (nSPS) is 17.0. The molecule has 17 nitrogen and oxygen atoms in total. The Morgan fingerprint density at radius 3 is 2.24 bits per heavy atom. The van der Waals surface area contributed by atoms with Crippen LogP contribution in [0.5, 0.6) is 11.5 Å². The van der Waals surface area contributed by atoms with Crippen molar-refractivity contribution in [3.8, 4) is 11.5 Å². The molecule has 4 heterocycles. The van der Waals surface area contributed by atoms with E-state index in [4.69, 9.17) is 45.6 Å². The zero-order chi connectivity index (χ0) is 54.2. The molecule has 0 atom stereocenters. The highest BCUT2D eigenvalue weighted by Crippen LogP contribution is 2.39. The molecule has 3 aliphatic heterocycles. The van der Waals surface area contributed by atoms with E-state index in [1.807, 2.05) is 16.3 Å². The van der Waals surface area contributed by atoms with Crippen molar-refractivity contribution in [1.82, 2.24) is 25.0 Å². The number of ether oxygens (including phenoxy) is 3. The standard InChI is InChI=1S/C45H61ClN6O7S.2C2HF3O2/c1-31(2)43-48-36(29-60-43)44(56)51-23-26-59-45(30-51)16-20-50(21-17-45)27-34-8-6-7-32(40(34)46)14-24-57-25-15-39(55)52(35-9-4-3-5-10-35)22-19-47-18-13-33-11-12-37(53)41-42(33)58-28-38(54)49-41;2*3-2(4,5)1(6)7/h6-8,11-12,29,31,35,47,53H,3-5,9-10,13-28,30H2,1-2H3,(H,49,54);2*(H,6,7). The zero-order valence-electron chi connectivity index (χ0n) is 41.1. The minimum absolute atomic E-state index is 0.00184.